The van der Waals surface area contributed by atoms with Crippen LogP contribution in [0.3, 0.4) is 0 Å². The Balaban J connectivity index is 1.84. The predicted molar refractivity (Wildman–Crippen MR) is 117 cm³/mol. The van der Waals surface area contributed by atoms with Gasteiger partial charge in [0.15, 0.2) is 0 Å². The summed E-state index contributed by atoms with van der Waals surface area (Å²) in [6.07, 6.45) is 0.595. The number of thiophene rings is 1. The first-order chi connectivity index (χ1) is 14.5. The molecule has 2 amide bonds. The summed E-state index contributed by atoms with van der Waals surface area (Å²) >= 11 is 7.62. The molecule has 0 bridgehead atoms. The molecule has 160 valence electrons. The minimum absolute atomic E-state index is 0.0959. The predicted octanol–water partition coefficient (Wildman–Crippen LogP) is 3.20. The minimum Gasteiger partial charge on any atom is -0.383 e. The second kappa shape index (κ2) is 10.7. The lowest BCUT2D eigenvalue weighted by atomic mass is 10.0. The van der Waals surface area contributed by atoms with Gasteiger partial charge in [0, 0.05) is 32.2 Å². The van der Waals surface area contributed by atoms with E-state index in [2.05, 4.69) is 5.10 Å². The van der Waals surface area contributed by atoms with Crippen molar-refractivity contribution in [2.45, 2.75) is 12.5 Å². The zero-order chi connectivity index (χ0) is 21.5. The maximum atomic E-state index is 13.2. The molecule has 0 spiro atoms. The van der Waals surface area contributed by atoms with Gasteiger partial charge >= 0.3 is 0 Å². The maximum Gasteiger partial charge on any atom is 0.262 e. The Bertz CT molecular complexity index is 886. The van der Waals surface area contributed by atoms with E-state index in [0.29, 0.717) is 24.6 Å². The van der Waals surface area contributed by atoms with Gasteiger partial charge in [0.05, 0.1) is 23.2 Å². The van der Waals surface area contributed by atoms with Crippen molar-refractivity contribution >= 4 is 40.5 Å². The molecule has 0 radical (unpaired) electrons. The van der Waals surface area contributed by atoms with Gasteiger partial charge in [-0.2, -0.15) is 5.10 Å². The van der Waals surface area contributed by atoms with E-state index in [-0.39, 0.29) is 31.0 Å². The SMILES string of the molecule is COCCN(CC(=O)N1N=C(c2cccs2)C[C@@H]1c1ccc(Cl)cc1)C(=O)COC. The van der Waals surface area contributed by atoms with Crippen molar-refractivity contribution in [1.82, 2.24) is 9.91 Å². The van der Waals surface area contributed by atoms with Gasteiger partial charge in [-0.3, -0.25) is 9.59 Å². The first-order valence-corrected chi connectivity index (χ1v) is 10.7. The molecule has 9 heteroatoms. The third kappa shape index (κ3) is 5.46. The summed E-state index contributed by atoms with van der Waals surface area (Å²) < 4.78 is 10.0. The Morgan fingerprint density at radius 3 is 2.63 bits per heavy atom. The van der Waals surface area contributed by atoms with Crippen LogP contribution < -0.4 is 0 Å². The number of ether oxygens (including phenoxy) is 2. The lowest BCUT2D eigenvalue weighted by Gasteiger charge is -2.26. The number of nitrogens with zero attached hydrogens (tertiary/aromatic N) is 3. The average Bonchev–Trinajstić information content (AvgIpc) is 3.41. The van der Waals surface area contributed by atoms with E-state index in [1.807, 2.05) is 29.6 Å². The van der Waals surface area contributed by atoms with E-state index < -0.39 is 0 Å². The fourth-order valence-electron chi connectivity index (χ4n) is 3.22. The summed E-state index contributed by atoms with van der Waals surface area (Å²) in [6.45, 7) is 0.427. The number of carbonyl (C=O) groups is 2. The van der Waals surface area contributed by atoms with Crippen molar-refractivity contribution in [2.24, 2.45) is 5.10 Å². The number of carbonyl (C=O) groups excluding carboxylic acids is 2. The Hall–Kier alpha value is -2.26. The highest BCUT2D eigenvalue weighted by atomic mass is 35.5. The van der Waals surface area contributed by atoms with Crippen LogP contribution in [0.2, 0.25) is 5.02 Å². The first kappa shape index (κ1) is 22.4. The Morgan fingerprint density at radius 1 is 1.23 bits per heavy atom. The number of halogens is 1. The van der Waals surface area contributed by atoms with Crippen molar-refractivity contribution in [1.29, 1.82) is 0 Å². The topological polar surface area (TPSA) is 71.4 Å². The molecule has 1 aliphatic heterocycles. The summed E-state index contributed by atoms with van der Waals surface area (Å²) in [7, 11) is 3.00. The average molecular weight is 450 g/mol. The molecule has 7 nitrogen and oxygen atoms in total. The number of hydrogen-bond donors (Lipinski definition) is 0. The molecule has 0 unspecified atom stereocenters. The van der Waals surface area contributed by atoms with Crippen LogP contribution in [-0.4, -0.2) is 68.0 Å². The van der Waals surface area contributed by atoms with Gasteiger partial charge in [-0.05, 0) is 29.1 Å². The van der Waals surface area contributed by atoms with Gasteiger partial charge in [0.1, 0.15) is 13.2 Å². The molecule has 30 heavy (non-hydrogen) atoms. The van der Waals surface area contributed by atoms with Crippen molar-refractivity contribution < 1.29 is 19.1 Å². The largest absolute Gasteiger partial charge is 0.383 e. The van der Waals surface area contributed by atoms with Crippen LogP contribution >= 0.6 is 22.9 Å². The van der Waals surface area contributed by atoms with Crippen LogP contribution in [0.25, 0.3) is 0 Å². The summed E-state index contributed by atoms with van der Waals surface area (Å²) in [6, 6.07) is 11.1. The highest BCUT2D eigenvalue weighted by molar-refractivity contribution is 7.12. The van der Waals surface area contributed by atoms with Crippen LogP contribution in [0.1, 0.15) is 22.9 Å². The molecule has 0 saturated heterocycles. The van der Waals surface area contributed by atoms with Gasteiger partial charge in [-0.1, -0.05) is 29.8 Å². The molecule has 3 rings (SSSR count). The Labute approximate surface area is 184 Å². The molecule has 0 N–H and O–H groups in total. The van der Waals surface area contributed by atoms with Crippen LogP contribution in [0.5, 0.6) is 0 Å². The first-order valence-electron chi connectivity index (χ1n) is 9.48. The summed E-state index contributed by atoms with van der Waals surface area (Å²) in [5.41, 5.74) is 1.79. The number of rotatable bonds is 9. The zero-order valence-corrected chi connectivity index (χ0v) is 18.5. The van der Waals surface area contributed by atoms with E-state index in [0.717, 1.165) is 16.2 Å². The van der Waals surface area contributed by atoms with Crippen LogP contribution in [0.15, 0.2) is 46.9 Å². The van der Waals surface area contributed by atoms with E-state index in [9.17, 15) is 9.59 Å². The molecular weight excluding hydrogens is 426 g/mol. The summed E-state index contributed by atoms with van der Waals surface area (Å²) in [4.78, 5) is 28.0. The molecule has 1 aromatic heterocycles. The molecule has 0 saturated carbocycles. The number of hydrogen-bond acceptors (Lipinski definition) is 6. The second-order valence-corrected chi connectivity index (χ2v) is 8.16. The number of hydrazone groups is 1. The number of benzene rings is 1. The second-order valence-electron chi connectivity index (χ2n) is 6.77. The molecule has 2 aromatic rings. The van der Waals surface area contributed by atoms with Gasteiger partial charge < -0.3 is 14.4 Å². The lowest BCUT2D eigenvalue weighted by molar-refractivity contribution is -0.144. The van der Waals surface area contributed by atoms with Crippen molar-refractivity contribution in [3.05, 3.63) is 57.2 Å². The monoisotopic (exact) mass is 449 g/mol. The number of methoxy groups -OCH3 is 2. The Morgan fingerprint density at radius 2 is 2.00 bits per heavy atom. The highest BCUT2D eigenvalue weighted by Gasteiger charge is 2.34. The normalized spacial score (nSPS) is 15.9. The van der Waals surface area contributed by atoms with Gasteiger partial charge in [-0.15, -0.1) is 11.3 Å². The molecule has 1 aromatic carbocycles. The Kier molecular flexibility index (Phi) is 7.98. The quantitative estimate of drug-likeness (QED) is 0.589. The minimum atomic E-state index is -0.271. The van der Waals surface area contributed by atoms with E-state index in [1.54, 1.807) is 30.6 Å². The fraction of sp³-hybridized carbons (Fsp3) is 0.381. The van der Waals surface area contributed by atoms with Crippen LogP contribution in [0.4, 0.5) is 0 Å². The van der Waals surface area contributed by atoms with Gasteiger partial charge in [-0.25, -0.2) is 5.01 Å². The smallest absolute Gasteiger partial charge is 0.262 e. The summed E-state index contributed by atoms with van der Waals surface area (Å²) in [5, 5.41) is 8.72. The van der Waals surface area contributed by atoms with Gasteiger partial charge in [0.25, 0.3) is 5.91 Å². The molecule has 0 fully saturated rings. The standard InChI is InChI=1S/C21H24ClN3O4S/c1-28-10-9-24(21(27)14-29-2)13-20(26)25-18(15-5-7-16(22)8-6-15)12-17(23-25)19-4-3-11-30-19/h3-8,11,18H,9-10,12-14H2,1-2H3/t18-/m1/s1. The van der Waals surface area contributed by atoms with E-state index >= 15 is 0 Å². The lowest BCUT2D eigenvalue weighted by Crippen LogP contribution is -2.44. The van der Waals surface area contributed by atoms with Crippen molar-refractivity contribution in [3.63, 3.8) is 0 Å². The molecule has 1 atom stereocenters. The molecule has 1 aliphatic rings. The number of amides is 2. The fourth-order valence-corrected chi connectivity index (χ4v) is 4.07. The van der Waals surface area contributed by atoms with Crippen LogP contribution in [-0.2, 0) is 19.1 Å². The van der Waals surface area contributed by atoms with Crippen molar-refractivity contribution in [3.8, 4) is 0 Å². The summed E-state index contributed by atoms with van der Waals surface area (Å²) in [5.74, 6) is -0.533. The molecule has 0 aliphatic carbocycles. The van der Waals surface area contributed by atoms with Crippen LogP contribution in [0, 0.1) is 0 Å². The highest BCUT2D eigenvalue weighted by Crippen LogP contribution is 2.34. The van der Waals surface area contributed by atoms with Crippen molar-refractivity contribution in [2.75, 3.05) is 40.5 Å². The third-order valence-electron chi connectivity index (χ3n) is 4.74. The third-order valence-corrected chi connectivity index (χ3v) is 5.91. The maximum absolute atomic E-state index is 13.2. The van der Waals surface area contributed by atoms with E-state index in [4.69, 9.17) is 21.1 Å². The zero-order valence-electron chi connectivity index (χ0n) is 16.9. The van der Waals surface area contributed by atoms with E-state index in [1.165, 1.54) is 17.0 Å². The van der Waals surface area contributed by atoms with Gasteiger partial charge in [0.2, 0.25) is 5.91 Å². The molecular formula is C21H24ClN3O4S. The molecule has 2 heterocycles.